The van der Waals surface area contributed by atoms with Crippen molar-refractivity contribution in [3.05, 3.63) is 0 Å². The second-order valence-electron chi connectivity index (χ2n) is 5.47. The molecule has 2 aliphatic carbocycles. The maximum absolute atomic E-state index is 12.0. The van der Waals surface area contributed by atoms with Crippen LogP contribution in [0.25, 0.3) is 0 Å². The van der Waals surface area contributed by atoms with Crippen molar-refractivity contribution in [3.8, 4) is 0 Å². The largest absolute Gasteiger partial charge is 0.462 e. The highest BCUT2D eigenvalue weighted by atomic mass is 16.5. The summed E-state index contributed by atoms with van der Waals surface area (Å²) in [4.78, 5) is 12.0. The molecular weight excluding hydrogens is 202 g/mol. The highest BCUT2D eigenvalue weighted by Gasteiger charge is 2.50. The van der Waals surface area contributed by atoms with E-state index in [1.807, 2.05) is 6.92 Å². The first-order valence-electron chi connectivity index (χ1n) is 6.59. The molecule has 0 radical (unpaired) electrons. The number of hydrogen-bond acceptors (Lipinski definition) is 3. The van der Waals surface area contributed by atoms with Gasteiger partial charge in [0.25, 0.3) is 0 Å². The normalized spacial score (nSPS) is 38.7. The van der Waals surface area contributed by atoms with Gasteiger partial charge in [0.2, 0.25) is 0 Å². The van der Waals surface area contributed by atoms with Gasteiger partial charge in [-0.05, 0) is 44.4 Å². The standard InChI is InChI=1S/C13H23NO2/c1-3-4-8(2)16-13(15)11-9-5-6-10(7-9)12(11)14/h8-12H,3-7,14H2,1-2H3. The number of hydrogen-bond donors (Lipinski definition) is 1. The monoisotopic (exact) mass is 225 g/mol. The molecule has 2 N–H and O–H groups in total. The van der Waals surface area contributed by atoms with Crippen LogP contribution in [0, 0.1) is 17.8 Å². The SMILES string of the molecule is CCCC(C)OC(=O)C1C2CCC(C2)C1N. The van der Waals surface area contributed by atoms with Crippen molar-refractivity contribution in [1.82, 2.24) is 0 Å². The number of esters is 1. The Kier molecular flexibility index (Phi) is 3.53. The summed E-state index contributed by atoms with van der Waals surface area (Å²) in [6, 6.07) is 0.0556. The molecule has 0 heterocycles. The summed E-state index contributed by atoms with van der Waals surface area (Å²) >= 11 is 0. The van der Waals surface area contributed by atoms with Gasteiger partial charge in [-0.2, -0.15) is 0 Å². The van der Waals surface area contributed by atoms with E-state index in [2.05, 4.69) is 6.92 Å². The zero-order valence-electron chi connectivity index (χ0n) is 10.3. The van der Waals surface area contributed by atoms with E-state index in [0.717, 1.165) is 19.3 Å². The van der Waals surface area contributed by atoms with Crippen LogP contribution in [0.2, 0.25) is 0 Å². The summed E-state index contributed by atoms with van der Waals surface area (Å²) in [5.74, 6) is 1.02. The lowest BCUT2D eigenvalue weighted by atomic mass is 9.85. The summed E-state index contributed by atoms with van der Waals surface area (Å²) in [5.41, 5.74) is 6.11. The summed E-state index contributed by atoms with van der Waals surface area (Å²) < 4.78 is 5.48. The zero-order chi connectivity index (χ0) is 11.7. The van der Waals surface area contributed by atoms with Crippen molar-refractivity contribution in [2.75, 3.05) is 0 Å². The van der Waals surface area contributed by atoms with Crippen LogP contribution < -0.4 is 5.73 Å². The van der Waals surface area contributed by atoms with Crippen LogP contribution in [0.15, 0.2) is 0 Å². The van der Waals surface area contributed by atoms with Crippen molar-refractivity contribution in [3.63, 3.8) is 0 Å². The van der Waals surface area contributed by atoms with Gasteiger partial charge in [-0.3, -0.25) is 4.79 Å². The number of carbonyl (C=O) groups excluding carboxylic acids is 1. The fraction of sp³-hybridized carbons (Fsp3) is 0.923. The zero-order valence-corrected chi connectivity index (χ0v) is 10.3. The molecule has 2 saturated carbocycles. The highest BCUT2D eigenvalue weighted by molar-refractivity contribution is 5.74. The lowest BCUT2D eigenvalue weighted by Gasteiger charge is -2.27. The van der Waals surface area contributed by atoms with Crippen molar-refractivity contribution in [1.29, 1.82) is 0 Å². The number of fused-ring (bicyclic) bond motifs is 2. The van der Waals surface area contributed by atoms with E-state index in [9.17, 15) is 4.79 Å². The Morgan fingerprint density at radius 3 is 2.69 bits per heavy atom. The van der Waals surface area contributed by atoms with Crippen LogP contribution in [0.3, 0.4) is 0 Å². The molecule has 3 heteroatoms. The van der Waals surface area contributed by atoms with E-state index in [4.69, 9.17) is 10.5 Å². The van der Waals surface area contributed by atoms with E-state index >= 15 is 0 Å². The average Bonchev–Trinajstić information content (AvgIpc) is 2.77. The van der Waals surface area contributed by atoms with Crippen LogP contribution in [0.1, 0.15) is 46.0 Å². The summed E-state index contributed by atoms with van der Waals surface area (Å²) in [6.45, 7) is 4.08. The van der Waals surface area contributed by atoms with Gasteiger partial charge in [0.15, 0.2) is 0 Å². The fourth-order valence-corrected chi connectivity index (χ4v) is 3.43. The van der Waals surface area contributed by atoms with Gasteiger partial charge in [-0.25, -0.2) is 0 Å². The molecule has 16 heavy (non-hydrogen) atoms. The topological polar surface area (TPSA) is 52.3 Å². The van der Waals surface area contributed by atoms with Gasteiger partial charge >= 0.3 is 5.97 Å². The van der Waals surface area contributed by atoms with E-state index in [0.29, 0.717) is 11.8 Å². The predicted octanol–water partition coefficient (Wildman–Crippen LogP) is 2.09. The number of rotatable bonds is 4. The van der Waals surface area contributed by atoms with Gasteiger partial charge in [0, 0.05) is 6.04 Å². The minimum Gasteiger partial charge on any atom is -0.462 e. The predicted molar refractivity (Wildman–Crippen MR) is 62.8 cm³/mol. The molecule has 0 aliphatic heterocycles. The van der Waals surface area contributed by atoms with Crippen LogP contribution >= 0.6 is 0 Å². The fourth-order valence-electron chi connectivity index (χ4n) is 3.43. The Bertz CT molecular complexity index is 265. The molecule has 5 atom stereocenters. The maximum Gasteiger partial charge on any atom is 0.311 e. The molecule has 2 bridgehead atoms. The molecule has 5 unspecified atom stereocenters. The van der Waals surface area contributed by atoms with Crippen LogP contribution in [0.4, 0.5) is 0 Å². The minimum atomic E-state index is -0.0411. The van der Waals surface area contributed by atoms with Crippen LogP contribution in [-0.2, 0) is 9.53 Å². The first-order chi connectivity index (χ1) is 7.63. The molecule has 2 aliphatic rings. The number of nitrogens with two attached hydrogens (primary N) is 1. The lowest BCUT2D eigenvalue weighted by molar-refractivity contribution is -0.156. The Morgan fingerprint density at radius 2 is 2.12 bits per heavy atom. The number of ether oxygens (including phenoxy) is 1. The van der Waals surface area contributed by atoms with Gasteiger partial charge in [0.05, 0.1) is 12.0 Å². The molecule has 3 nitrogen and oxygen atoms in total. The molecule has 92 valence electrons. The van der Waals surface area contributed by atoms with Gasteiger partial charge in [-0.1, -0.05) is 13.3 Å². The maximum atomic E-state index is 12.0. The van der Waals surface area contributed by atoms with Crippen molar-refractivity contribution < 1.29 is 9.53 Å². The molecule has 0 aromatic carbocycles. The molecule has 0 saturated heterocycles. The second-order valence-corrected chi connectivity index (χ2v) is 5.47. The first kappa shape index (κ1) is 11.9. The third-order valence-corrected chi connectivity index (χ3v) is 4.27. The molecule has 2 fully saturated rings. The van der Waals surface area contributed by atoms with Crippen molar-refractivity contribution >= 4 is 5.97 Å². The molecule has 0 aromatic heterocycles. The van der Waals surface area contributed by atoms with Crippen molar-refractivity contribution in [2.45, 2.75) is 58.1 Å². The van der Waals surface area contributed by atoms with E-state index in [1.54, 1.807) is 0 Å². The van der Waals surface area contributed by atoms with Gasteiger partial charge in [-0.15, -0.1) is 0 Å². The lowest BCUT2D eigenvalue weighted by Crippen LogP contribution is -2.41. The summed E-state index contributed by atoms with van der Waals surface area (Å²) in [7, 11) is 0. The van der Waals surface area contributed by atoms with E-state index in [1.165, 1.54) is 12.8 Å². The van der Waals surface area contributed by atoms with Gasteiger partial charge in [0.1, 0.15) is 0 Å². The van der Waals surface area contributed by atoms with Crippen molar-refractivity contribution in [2.24, 2.45) is 23.5 Å². The average molecular weight is 225 g/mol. The second kappa shape index (κ2) is 4.74. The van der Waals surface area contributed by atoms with E-state index in [-0.39, 0.29) is 24.0 Å². The quantitative estimate of drug-likeness (QED) is 0.745. The molecule has 0 amide bonds. The molecular formula is C13H23NO2. The Balaban J connectivity index is 1.90. The molecule has 2 rings (SSSR count). The Labute approximate surface area is 97.7 Å². The smallest absolute Gasteiger partial charge is 0.311 e. The third-order valence-electron chi connectivity index (χ3n) is 4.27. The van der Waals surface area contributed by atoms with Gasteiger partial charge < -0.3 is 10.5 Å². The highest BCUT2D eigenvalue weighted by Crippen LogP contribution is 2.48. The van der Waals surface area contributed by atoms with Crippen LogP contribution in [-0.4, -0.2) is 18.1 Å². The number of carbonyl (C=O) groups is 1. The summed E-state index contributed by atoms with van der Waals surface area (Å²) in [6.07, 6.45) is 5.56. The summed E-state index contributed by atoms with van der Waals surface area (Å²) in [5, 5.41) is 0. The minimum absolute atomic E-state index is 0.0157. The Morgan fingerprint density at radius 1 is 1.44 bits per heavy atom. The molecule has 0 spiro atoms. The van der Waals surface area contributed by atoms with Crippen LogP contribution in [0.5, 0.6) is 0 Å². The van der Waals surface area contributed by atoms with E-state index < -0.39 is 0 Å². The molecule has 0 aromatic rings. The third kappa shape index (κ3) is 2.10. The first-order valence-corrected chi connectivity index (χ1v) is 6.59. The Hall–Kier alpha value is -0.570.